The lowest BCUT2D eigenvalue weighted by molar-refractivity contribution is 0.418. The van der Waals surface area contributed by atoms with E-state index in [9.17, 15) is 5.11 Å². The number of thioether (sulfide) groups is 2. The summed E-state index contributed by atoms with van der Waals surface area (Å²) in [6.45, 7) is 0. The van der Waals surface area contributed by atoms with Gasteiger partial charge in [-0.05, 0) is 18.2 Å². The van der Waals surface area contributed by atoms with Crippen molar-refractivity contribution in [3.05, 3.63) is 28.5 Å². The Kier molecular flexibility index (Phi) is 4.04. The molecule has 0 saturated carbocycles. The molecule has 19 heavy (non-hydrogen) atoms. The van der Waals surface area contributed by atoms with Gasteiger partial charge in [-0.1, -0.05) is 21.1 Å². The second-order valence-electron chi connectivity index (χ2n) is 4.05. The van der Waals surface area contributed by atoms with Crippen LogP contribution in [0.3, 0.4) is 0 Å². The van der Waals surface area contributed by atoms with Gasteiger partial charge in [0, 0.05) is 21.7 Å². The molecule has 2 heterocycles. The molecule has 0 radical (unpaired) electrons. The molecule has 0 aliphatic carbocycles. The molecule has 0 bridgehead atoms. The van der Waals surface area contributed by atoms with Crippen molar-refractivity contribution >= 4 is 39.5 Å². The zero-order valence-corrected chi connectivity index (χ0v) is 13.1. The van der Waals surface area contributed by atoms with Crippen LogP contribution in [0.5, 0.6) is 5.75 Å². The Morgan fingerprint density at radius 2 is 2.26 bits per heavy atom. The van der Waals surface area contributed by atoms with Gasteiger partial charge in [-0.2, -0.15) is 16.7 Å². The van der Waals surface area contributed by atoms with E-state index in [4.69, 9.17) is 4.52 Å². The molecule has 100 valence electrons. The van der Waals surface area contributed by atoms with E-state index in [1.54, 1.807) is 12.1 Å². The zero-order chi connectivity index (χ0) is 13.2. The van der Waals surface area contributed by atoms with Crippen molar-refractivity contribution < 1.29 is 9.63 Å². The van der Waals surface area contributed by atoms with Gasteiger partial charge in [-0.3, -0.25) is 0 Å². The van der Waals surface area contributed by atoms with Crippen molar-refractivity contribution in [3.63, 3.8) is 0 Å². The Morgan fingerprint density at radius 1 is 1.37 bits per heavy atom. The summed E-state index contributed by atoms with van der Waals surface area (Å²) in [7, 11) is 0. The van der Waals surface area contributed by atoms with E-state index >= 15 is 0 Å². The van der Waals surface area contributed by atoms with Crippen molar-refractivity contribution in [2.24, 2.45) is 0 Å². The zero-order valence-electron chi connectivity index (χ0n) is 9.88. The normalized spacial score (nSPS) is 19.5. The summed E-state index contributed by atoms with van der Waals surface area (Å²) in [5, 5.41) is 14.2. The van der Waals surface area contributed by atoms with Crippen molar-refractivity contribution in [1.82, 2.24) is 10.1 Å². The molecule has 0 amide bonds. The predicted octanol–water partition coefficient (Wildman–Crippen LogP) is 3.73. The summed E-state index contributed by atoms with van der Waals surface area (Å²) in [4.78, 5) is 4.41. The fourth-order valence-electron chi connectivity index (χ4n) is 1.80. The quantitative estimate of drug-likeness (QED) is 0.882. The minimum Gasteiger partial charge on any atom is -0.507 e. The maximum atomic E-state index is 9.90. The van der Waals surface area contributed by atoms with Crippen LogP contribution in [0, 0.1) is 0 Å². The van der Waals surface area contributed by atoms with Crippen LogP contribution in [0.25, 0.3) is 11.5 Å². The molecule has 1 aliphatic heterocycles. The number of nitrogens with zero attached hydrogens (tertiary/aromatic N) is 2. The van der Waals surface area contributed by atoms with Gasteiger partial charge in [0.15, 0.2) is 5.82 Å². The van der Waals surface area contributed by atoms with E-state index in [2.05, 4.69) is 26.1 Å². The molecule has 2 aromatic rings. The first-order chi connectivity index (χ1) is 9.24. The largest absolute Gasteiger partial charge is 0.507 e. The van der Waals surface area contributed by atoms with E-state index in [-0.39, 0.29) is 11.0 Å². The smallest absolute Gasteiger partial charge is 0.261 e. The molecule has 0 spiro atoms. The first-order valence-electron chi connectivity index (χ1n) is 5.76. The molecule has 1 fully saturated rings. The molecule has 1 unspecified atom stereocenters. The van der Waals surface area contributed by atoms with Crippen LogP contribution in [-0.2, 0) is 0 Å². The van der Waals surface area contributed by atoms with Gasteiger partial charge in [0.05, 0.1) is 10.8 Å². The van der Waals surface area contributed by atoms with Crippen molar-refractivity contribution in [1.29, 1.82) is 0 Å². The van der Waals surface area contributed by atoms with Gasteiger partial charge >= 0.3 is 0 Å². The lowest BCUT2D eigenvalue weighted by Gasteiger charge is -2.16. The SMILES string of the molecule is Oc1cc(Br)ccc1-c1nc(C2CSCCS2)no1. The Hall–Kier alpha value is -0.660. The van der Waals surface area contributed by atoms with E-state index in [0.717, 1.165) is 21.8 Å². The number of phenolic OH excluding ortho intramolecular Hbond substituents is 1. The average Bonchev–Trinajstić information content (AvgIpc) is 2.89. The molecule has 1 saturated heterocycles. The summed E-state index contributed by atoms with van der Waals surface area (Å²) in [6.07, 6.45) is 0. The topological polar surface area (TPSA) is 59.2 Å². The molecule has 4 nitrogen and oxygen atoms in total. The minimum absolute atomic E-state index is 0.134. The van der Waals surface area contributed by atoms with E-state index in [1.165, 1.54) is 5.75 Å². The Bertz CT molecular complexity index is 585. The second kappa shape index (κ2) is 5.76. The highest BCUT2D eigenvalue weighted by Gasteiger charge is 2.23. The highest BCUT2D eigenvalue weighted by molar-refractivity contribution is 9.10. The lowest BCUT2D eigenvalue weighted by atomic mass is 10.2. The summed E-state index contributed by atoms with van der Waals surface area (Å²) >= 11 is 7.07. The van der Waals surface area contributed by atoms with Gasteiger partial charge in [-0.15, -0.1) is 11.8 Å². The minimum atomic E-state index is 0.134. The van der Waals surface area contributed by atoms with Crippen LogP contribution in [0.4, 0.5) is 0 Å². The summed E-state index contributed by atoms with van der Waals surface area (Å²) < 4.78 is 6.08. The summed E-state index contributed by atoms with van der Waals surface area (Å²) in [6, 6.07) is 5.22. The number of halogens is 1. The molecule has 7 heteroatoms. The van der Waals surface area contributed by atoms with Gasteiger partial charge in [0.2, 0.25) is 0 Å². The van der Waals surface area contributed by atoms with Crippen LogP contribution in [0.1, 0.15) is 11.1 Å². The summed E-state index contributed by atoms with van der Waals surface area (Å²) in [5.41, 5.74) is 0.565. The van der Waals surface area contributed by atoms with Crippen molar-refractivity contribution in [2.75, 3.05) is 17.3 Å². The Morgan fingerprint density at radius 3 is 3.00 bits per heavy atom. The van der Waals surface area contributed by atoms with Gasteiger partial charge in [-0.25, -0.2) is 0 Å². The van der Waals surface area contributed by atoms with Crippen LogP contribution < -0.4 is 0 Å². The Balaban J connectivity index is 1.87. The number of hydrogen-bond acceptors (Lipinski definition) is 6. The number of aromatic nitrogens is 2. The third kappa shape index (κ3) is 2.93. The molecule has 1 aromatic heterocycles. The number of benzene rings is 1. The first-order valence-corrected chi connectivity index (χ1v) is 8.75. The van der Waals surface area contributed by atoms with Crippen LogP contribution in [0.15, 0.2) is 27.2 Å². The van der Waals surface area contributed by atoms with Crippen LogP contribution in [-0.4, -0.2) is 32.5 Å². The number of rotatable bonds is 2. The number of phenols is 1. The molecule has 1 N–H and O–H groups in total. The highest BCUT2D eigenvalue weighted by atomic mass is 79.9. The van der Waals surface area contributed by atoms with Gasteiger partial charge in [0.25, 0.3) is 5.89 Å². The van der Waals surface area contributed by atoms with Gasteiger partial charge in [0.1, 0.15) is 5.75 Å². The molecular formula is C12H11BrN2O2S2. The maximum absolute atomic E-state index is 9.90. The van der Waals surface area contributed by atoms with Crippen molar-refractivity contribution in [2.45, 2.75) is 5.25 Å². The van der Waals surface area contributed by atoms with E-state index in [1.807, 2.05) is 29.6 Å². The molecular weight excluding hydrogens is 348 g/mol. The number of hydrogen-bond donors (Lipinski definition) is 1. The lowest BCUT2D eigenvalue weighted by Crippen LogP contribution is -2.07. The van der Waals surface area contributed by atoms with Crippen LogP contribution in [0.2, 0.25) is 0 Å². The molecule has 1 aliphatic rings. The molecule has 3 rings (SSSR count). The average molecular weight is 359 g/mol. The predicted molar refractivity (Wildman–Crippen MR) is 81.6 cm³/mol. The second-order valence-corrected chi connectivity index (χ2v) is 7.43. The van der Waals surface area contributed by atoms with Crippen molar-refractivity contribution in [3.8, 4) is 17.2 Å². The summed E-state index contributed by atoms with van der Waals surface area (Å²) in [5.74, 6) is 4.53. The fraction of sp³-hybridized carbons (Fsp3) is 0.333. The maximum Gasteiger partial charge on any atom is 0.261 e. The van der Waals surface area contributed by atoms with Gasteiger partial charge < -0.3 is 9.63 Å². The third-order valence-corrected chi connectivity index (χ3v) is 5.98. The third-order valence-electron chi connectivity index (χ3n) is 2.74. The first kappa shape index (κ1) is 13.3. The molecule has 1 atom stereocenters. The fourth-order valence-corrected chi connectivity index (χ4v) is 4.74. The van der Waals surface area contributed by atoms with E-state index < -0.39 is 0 Å². The highest BCUT2D eigenvalue weighted by Crippen LogP contribution is 2.37. The monoisotopic (exact) mass is 358 g/mol. The Labute approximate surface area is 127 Å². The standard InChI is InChI=1S/C12H11BrN2O2S2/c13-7-1-2-8(9(16)5-7)12-14-11(15-17-12)10-6-18-3-4-19-10/h1-2,5,10,16H,3-4,6H2. The van der Waals surface area contributed by atoms with Crippen LogP contribution >= 0.6 is 39.5 Å². The number of aromatic hydroxyl groups is 1. The van der Waals surface area contributed by atoms with E-state index in [0.29, 0.717) is 11.5 Å². The molecule has 1 aromatic carbocycles.